The van der Waals surface area contributed by atoms with Crippen molar-refractivity contribution in [3.05, 3.63) is 53.6 Å². The molecule has 1 heterocycles. The minimum atomic E-state index is -0.413. The summed E-state index contributed by atoms with van der Waals surface area (Å²) >= 11 is 0. The number of rotatable bonds is 5. The van der Waals surface area contributed by atoms with Crippen LogP contribution in [0.25, 0.3) is 0 Å². The Morgan fingerprint density at radius 3 is 2.57 bits per heavy atom. The third-order valence-corrected chi connectivity index (χ3v) is 5.81. The van der Waals surface area contributed by atoms with Crippen LogP contribution in [0.5, 0.6) is 5.75 Å². The molecule has 28 heavy (non-hydrogen) atoms. The quantitative estimate of drug-likeness (QED) is 0.809. The maximum atomic E-state index is 12.6. The molecule has 2 aromatic rings. The molecule has 0 unspecified atom stereocenters. The van der Waals surface area contributed by atoms with Crippen LogP contribution in [-0.4, -0.2) is 18.4 Å². The number of hydrogen-bond acceptors (Lipinski definition) is 3. The van der Waals surface area contributed by atoms with Gasteiger partial charge in [0.1, 0.15) is 5.75 Å². The number of amides is 2. The summed E-state index contributed by atoms with van der Waals surface area (Å²) in [6.45, 7) is 2.56. The van der Waals surface area contributed by atoms with Gasteiger partial charge in [0.05, 0.1) is 18.4 Å². The maximum absolute atomic E-state index is 12.6. The van der Waals surface area contributed by atoms with Crippen molar-refractivity contribution in [1.82, 2.24) is 0 Å². The number of hydrogen-bond donors (Lipinski definition) is 2. The molecule has 0 radical (unpaired) electrons. The highest BCUT2D eigenvalue weighted by Gasteiger charge is 2.47. The zero-order valence-electron chi connectivity index (χ0n) is 16.2. The van der Waals surface area contributed by atoms with Crippen LogP contribution < -0.4 is 15.4 Å². The molecule has 2 amide bonds. The molecule has 4 rings (SSSR count). The predicted octanol–water partition coefficient (Wildman–Crippen LogP) is 4.42. The second-order valence-corrected chi connectivity index (χ2v) is 7.66. The molecule has 5 nitrogen and oxygen atoms in total. The first-order valence-electron chi connectivity index (χ1n) is 10.1. The Bertz CT molecular complexity index is 883. The van der Waals surface area contributed by atoms with E-state index in [2.05, 4.69) is 10.6 Å². The first-order valence-corrected chi connectivity index (χ1v) is 10.1. The van der Waals surface area contributed by atoms with Crippen molar-refractivity contribution in [2.24, 2.45) is 0 Å². The van der Waals surface area contributed by atoms with Crippen molar-refractivity contribution in [2.45, 2.75) is 50.9 Å². The lowest BCUT2D eigenvalue weighted by Crippen LogP contribution is -2.36. The van der Waals surface area contributed by atoms with Gasteiger partial charge in [-0.3, -0.25) is 9.59 Å². The van der Waals surface area contributed by atoms with Gasteiger partial charge in [0, 0.05) is 11.4 Å². The highest BCUT2D eigenvalue weighted by Crippen LogP contribution is 2.48. The molecule has 1 aliphatic carbocycles. The van der Waals surface area contributed by atoms with Crippen LogP contribution in [-0.2, 0) is 21.4 Å². The second kappa shape index (κ2) is 7.66. The summed E-state index contributed by atoms with van der Waals surface area (Å²) in [5.41, 5.74) is 3.19. The number of benzene rings is 2. The molecule has 146 valence electrons. The van der Waals surface area contributed by atoms with Gasteiger partial charge in [0.25, 0.3) is 0 Å². The van der Waals surface area contributed by atoms with E-state index in [0.717, 1.165) is 53.9 Å². The Balaban J connectivity index is 1.47. The summed E-state index contributed by atoms with van der Waals surface area (Å²) in [6, 6.07) is 13.3. The first kappa shape index (κ1) is 18.5. The van der Waals surface area contributed by atoms with Crippen molar-refractivity contribution in [3.63, 3.8) is 0 Å². The number of anilines is 2. The summed E-state index contributed by atoms with van der Waals surface area (Å²) in [5.74, 6) is 0.847. The van der Waals surface area contributed by atoms with Crippen LogP contribution in [0.15, 0.2) is 42.5 Å². The molecule has 1 fully saturated rings. The normalized spacial score (nSPS) is 17.1. The third-order valence-electron chi connectivity index (χ3n) is 5.81. The first-order chi connectivity index (χ1) is 13.6. The summed E-state index contributed by atoms with van der Waals surface area (Å²) in [5, 5.41) is 6.02. The van der Waals surface area contributed by atoms with E-state index in [1.54, 1.807) is 0 Å². The average molecular weight is 378 g/mol. The fourth-order valence-corrected chi connectivity index (χ4v) is 4.40. The molecule has 1 aliphatic heterocycles. The number of carbonyl (C=O) groups excluding carboxylic acids is 2. The van der Waals surface area contributed by atoms with E-state index >= 15 is 0 Å². The Kier molecular flexibility index (Phi) is 5.07. The minimum Gasteiger partial charge on any atom is -0.494 e. The minimum absolute atomic E-state index is 0.0703. The number of fused-ring (bicyclic) bond motifs is 2. The number of nitrogens with one attached hydrogen (secondary N) is 2. The van der Waals surface area contributed by atoms with Gasteiger partial charge < -0.3 is 15.4 Å². The Labute approximate surface area is 165 Å². The molecule has 0 aromatic heterocycles. The molecule has 1 spiro atoms. The molecule has 5 heteroatoms. The fourth-order valence-electron chi connectivity index (χ4n) is 4.40. The van der Waals surface area contributed by atoms with Gasteiger partial charge in [-0.15, -0.1) is 0 Å². The van der Waals surface area contributed by atoms with Crippen LogP contribution in [0.2, 0.25) is 0 Å². The topological polar surface area (TPSA) is 67.4 Å². The molecule has 2 aliphatic rings. The lowest BCUT2D eigenvalue weighted by Gasteiger charge is -2.31. The lowest BCUT2D eigenvalue weighted by atomic mass is 9.70. The zero-order chi connectivity index (χ0) is 19.6. The Morgan fingerprint density at radius 1 is 1.11 bits per heavy atom. The summed E-state index contributed by atoms with van der Waals surface area (Å²) in [7, 11) is 0. The average Bonchev–Trinajstić information content (AvgIpc) is 2.95. The lowest BCUT2D eigenvalue weighted by molar-refractivity contribution is -0.122. The Hall–Kier alpha value is -2.82. The SMILES string of the molecule is CCOc1ccc(CC(=O)Nc2ccc3c(c2)C2(CCCCC2)C(=O)N3)cc1. The van der Waals surface area contributed by atoms with Crippen molar-refractivity contribution in [2.75, 3.05) is 17.2 Å². The van der Waals surface area contributed by atoms with Crippen molar-refractivity contribution in [3.8, 4) is 5.75 Å². The number of carbonyl (C=O) groups is 2. The highest BCUT2D eigenvalue weighted by atomic mass is 16.5. The smallest absolute Gasteiger partial charge is 0.235 e. The maximum Gasteiger partial charge on any atom is 0.235 e. The third kappa shape index (κ3) is 3.49. The van der Waals surface area contributed by atoms with Gasteiger partial charge in [-0.25, -0.2) is 0 Å². The van der Waals surface area contributed by atoms with Crippen LogP contribution in [0, 0.1) is 0 Å². The van der Waals surface area contributed by atoms with Gasteiger partial charge in [0.15, 0.2) is 0 Å². The van der Waals surface area contributed by atoms with Crippen LogP contribution in [0.4, 0.5) is 11.4 Å². The molecule has 2 N–H and O–H groups in total. The van der Waals surface area contributed by atoms with Crippen molar-refractivity contribution < 1.29 is 14.3 Å². The van der Waals surface area contributed by atoms with Crippen LogP contribution in [0.1, 0.15) is 50.2 Å². The van der Waals surface area contributed by atoms with E-state index < -0.39 is 5.41 Å². The highest BCUT2D eigenvalue weighted by molar-refractivity contribution is 6.07. The molecule has 1 saturated carbocycles. The monoisotopic (exact) mass is 378 g/mol. The van der Waals surface area contributed by atoms with Crippen molar-refractivity contribution in [1.29, 1.82) is 0 Å². The second-order valence-electron chi connectivity index (χ2n) is 7.66. The van der Waals surface area contributed by atoms with Gasteiger partial charge in [0.2, 0.25) is 11.8 Å². The van der Waals surface area contributed by atoms with Crippen LogP contribution >= 0.6 is 0 Å². The van der Waals surface area contributed by atoms with E-state index in [4.69, 9.17) is 4.74 Å². The molecule has 0 atom stereocenters. The van der Waals surface area contributed by atoms with Gasteiger partial charge >= 0.3 is 0 Å². The standard InChI is InChI=1S/C23H26N2O3/c1-2-28-18-9-6-16(7-10-18)14-21(26)24-17-8-11-20-19(15-17)23(22(27)25-20)12-4-3-5-13-23/h6-11,15H,2-5,12-14H2,1H3,(H,24,26)(H,25,27). The van der Waals surface area contributed by atoms with E-state index in [-0.39, 0.29) is 11.8 Å². The zero-order valence-corrected chi connectivity index (χ0v) is 16.2. The van der Waals surface area contributed by atoms with Crippen LogP contribution in [0.3, 0.4) is 0 Å². The van der Waals surface area contributed by atoms with Crippen molar-refractivity contribution >= 4 is 23.2 Å². The largest absolute Gasteiger partial charge is 0.494 e. The molecule has 0 saturated heterocycles. The van der Waals surface area contributed by atoms with Gasteiger partial charge in [-0.1, -0.05) is 31.4 Å². The summed E-state index contributed by atoms with van der Waals surface area (Å²) in [4.78, 5) is 25.1. The molecular weight excluding hydrogens is 352 g/mol. The Morgan fingerprint density at radius 2 is 1.86 bits per heavy atom. The number of ether oxygens (including phenoxy) is 1. The molecule has 0 bridgehead atoms. The van der Waals surface area contributed by atoms with E-state index in [9.17, 15) is 9.59 Å². The fraction of sp³-hybridized carbons (Fsp3) is 0.391. The van der Waals surface area contributed by atoms with E-state index in [1.807, 2.05) is 49.4 Å². The predicted molar refractivity (Wildman–Crippen MR) is 110 cm³/mol. The molecule has 2 aromatic carbocycles. The summed E-state index contributed by atoms with van der Waals surface area (Å²) < 4.78 is 5.43. The van der Waals surface area contributed by atoms with Gasteiger partial charge in [-0.05, 0) is 61.2 Å². The molecular formula is C23H26N2O3. The van der Waals surface area contributed by atoms with E-state index in [0.29, 0.717) is 13.0 Å². The summed E-state index contributed by atoms with van der Waals surface area (Å²) in [6.07, 6.45) is 5.39. The van der Waals surface area contributed by atoms with E-state index in [1.165, 1.54) is 6.42 Å². The van der Waals surface area contributed by atoms with Gasteiger partial charge in [-0.2, -0.15) is 0 Å².